The van der Waals surface area contributed by atoms with E-state index in [-0.39, 0.29) is 5.41 Å². The van der Waals surface area contributed by atoms with Gasteiger partial charge in [-0.05, 0) is 111 Å². The quantitative estimate of drug-likeness (QED) is 0.183. The third kappa shape index (κ3) is 5.24. The second-order valence-electron chi connectivity index (χ2n) is 15.5. The molecule has 8 aromatic rings. The Morgan fingerprint density at radius 2 is 1.22 bits per heavy atom. The van der Waals surface area contributed by atoms with E-state index in [9.17, 15) is 0 Å². The molecule has 1 heterocycles. The van der Waals surface area contributed by atoms with Crippen molar-refractivity contribution in [1.82, 2.24) is 4.57 Å². The van der Waals surface area contributed by atoms with Gasteiger partial charge in [0.15, 0.2) is 0 Å². The molecular weight excluding hydrogens is 653 g/mol. The largest absolute Gasteiger partial charge is 0.355 e. The van der Waals surface area contributed by atoms with Crippen LogP contribution < -0.4 is 5.32 Å². The van der Waals surface area contributed by atoms with Crippen LogP contribution in [0.15, 0.2) is 182 Å². The summed E-state index contributed by atoms with van der Waals surface area (Å²) < 4.78 is 2.42. The Morgan fingerprint density at radius 3 is 2.07 bits per heavy atom. The second kappa shape index (κ2) is 12.6. The van der Waals surface area contributed by atoms with Gasteiger partial charge in [-0.15, -0.1) is 0 Å². The molecule has 1 unspecified atom stereocenters. The number of allylic oxidation sites excluding steroid dienone is 4. The van der Waals surface area contributed by atoms with Crippen LogP contribution in [-0.2, 0) is 5.41 Å². The molecule has 0 amide bonds. The van der Waals surface area contributed by atoms with Gasteiger partial charge in [0.2, 0.25) is 0 Å². The van der Waals surface area contributed by atoms with Gasteiger partial charge in [0, 0.05) is 38.8 Å². The Balaban J connectivity index is 1.14. The molecule has 0 fully saturated rings. The first-order valence-electron chi connectivity index (χ1n) is 19.2. The summed E-state index contributed by atoms with van der Waals surface area (Å²) in [6, 6.07) is 62.0. The lowest BCUT2D eigenvalue weighted by atomic mass is 9.74. The molecule has 0 saturated heterocycles. The van der Waals surface area contributed by atoms with Crippen molar-refractivity contribution in [3.63, 3.8) is 0 Å². The van der Waals surface area contributed by atoms with E-state index in [4.69, 9.17) is 0 Å². The van der Waals surface area contributed by atoms with Gasteiger partial charge < -0.3 is 9.88 Å². The molecule has 54 heavy (non-hydrogen) atoms. The first-order valence-corrected chi connectivity index (χ1v) is 19.2. The molecule has 260 valence electrons. The van der Waals surface area contributed by atoms with Crippen LogP contribution in [0.4, 0.5) is 11.4 Å². The average Bonchev–Trinajstić information content (AvgIpc) is 3.66. The average molecular weight is 695 g/mol. The van der Waals surface area contributed by atoms with E-state index in [1.54, 1.807) is 5.57 Å². The number of nitrogens with zero attached hydrogens (tertiary/aromatic N) is 1. The van der Waals surface area contributed by atoms with E-state index < -0.39 is 0 Å². The van der Waals surface area contributed by atoms with Crippen molar-refractivity contribution in [3.8, 4) is 27.9 Å². The fraction of sp³-hybridized carbons (Fsp3) is 0.115. The minimum Gasteiger partial charge on any atom is -0.355 e. The Kier molecular flexibility index (Phi) is 7.56. The molecule has 2 nitrogen and oxygen atoms in total. The third-order valence-corrected chi connectivity index (χ3v) is 11.8. The van der Waals surface area contributed by atoms with Gasteiger partial charge in [0.25, 0.3) is 0 Å². The zero-order valence-electron chi connectivity index (χ0n) is 31.0. The van der Waals surface area contributed by atoms with Crippen LogP contribution in [0.1, 0.15) is 43.9 Å². The number of nitrogens with one attached hydrogen (secondary N) is 1. The molecule has 0 saturated carbocycles. The second-order valence-corrected chi connectivity index (χ2v) is 15.5. The summed E-state index contributed by atoms with van der Waals surface area (Å²) in [5.74, 6) is 0.434. The molecule has 1 N–H and O–H groups in total. The molecule has 1 aromatic heterocycles. The highest BCUT2D eigenvalue weighted by molar-refractivity contribution is 6.13. The highest BCUT2D eigenvalue weighted by atomic mass is 15.0. The highest BCUT2D eigenvalue weighted by Gasteiger charge is 2.41. The number of anilines is 2. The SMILES string of the molecule is CC1C=C(c2cc(-c3ccc4c(c3)c3ccccc3n4-c3cccc(-c4ccccc4)c3)ccc2Nc2ccccc2)C2=C(C1)C(C)(C)c1ccccc12. The molecule has 2 aliphatic rings. The Morgan fingerprint density at radius 1 is 0.556 bits per heavy atom. The van der Waals surface area contributed by atoms with Crippen molar-refractivity contribution in [3.05, 3.63) is 198 Å². The maximum atomic E-state index is 3.81. The zero-order valence-corrected chi connectivity index (χ0v) is 31.0. The van der Waals surface area contributed by atoms with Gasteiger partial charge in [0.05, 0.1) is 11.0 Å². The fourth-order valence-corrected chi connectivity index (χ4v) is 9.14. The number of hydrogen-bond donors (Lipinski definition) is 1. The summed E-state index contributed by atoms with van der Waals surface area (Å²) in [4.78, 5) is 0. The zero-order chi connectivity index (χ0) is 36.4. The smallest absolute Gasteiger partial charge is 0.0541 e. The molecule has 7 aromatic carbocycles. The van der Waals surface area contributed by atoms with Gasteiger partial charge >= 0.3 is 0 Å². The number of rotatable bonds is 6. The van der Waals surface area contributed by atoms with Crippen LogP contribution in [-0.4, -0.2) is 4.57 Å². The maximum absolute atomic E-state index is 3.81. The minimum absolute atomic E-state index is 0.00973. The normalized spacial score (nSPS) is 16.0. The van der Waals surface area contributed by atoms with Crippen molar-refractivity contribution in [1.29, 1.82) is 0 Å². The number of fused-ring (bicyclic) bond motifs is 5. The fourth-order valence-electron chi connectivity index (χ4n) is 9.14. The predicted octanol–water partition coefficient (Wildman–Crippen LogP) is 14.0. The Labute approximate surface area is 317 Å². The number of para-hydroxylation sites is 2. The van der Waals surface area contributed by atoms with E-state index in [0.717, 1.165) is 23.5 Å². The van der Waals surface area contributed by atoms with Gasteiger partial charge in [-0.3, -0.25) is 0 Å². The molecule has 0 bridgehead atoms. The highest BCUT2D eigenvalue weighted by Crippen LogP contribution is 2.56. The first kappa shape index (κ1) is 32.3. The van der Waals surface area contributed by atoms with Crippen LogP contribution in [0, 0.1) is 5.92 Å². The third-order valence-electron chi connectivity index (χ3n) is 11.8. The lowest BCUT2D eigenvalue weighted by molar-refractivity contribution is 0.567. The molecule has 0 spiro atoms. The lowest BCUT2D eigenvalue weighted by Crippen LogP contribution is -2.20. The topological polar surface area (TPSA) is 17.0 Å². The van der Waals surface area contributed by atoms with Crippen molar-refractivity contribution in [2.75, 3.05) is 5.32 Å². The van der Waals surface area contributed by atoms with Gasteiger partial charge in [-0.2, -0.15) is 0 Å². The van der Waals surface area contributed by atoms with E-state index in [1.165, 1.54) is 71.9 Å². The monoisotopic (exact) mass is 694 g/mol. The molecule has 0 aliphatic heterocycles. The van der Waals surface area contributed by atoms with Gasteiger partial charge in [-0.25, -0.2) is 0 Å². The Hall–Kier alpha value is -6.38. The summed E-state index contributed by atoms with van der Waals surface area (Å²) in [6.07, 6.45) is 3.60. The number of hydrogen-bond acceptors (Lipinski definition) is 1. The van der Waals surface area contributed by atoms with Crippen LogP contribution in [0.3, 0.4) is 0 Å². The van der Waals surface area contributed by atoms with Gasteiger partial charge in [0.1, 0.15) is 0 Å². The molecule has 10 rings (SSSR count). The molecule has 0 radical (unpaired) electrons. The summed E-state index contributed by atoms with van der Waals surface area (Å²) >= 11 is 0. The molecule has 2 heteroatoms. The first-order chi connectivity index (χ1) is 26.4. The van der Waals surface area contributed by atoms with Crippen LogP contribution >= 0.6 is 0 Å². The van der Waals surface area contributed by atoms with E-state index in [2.05, 4.69) is 207 Å². The van der Waals surface area contributed by atoms with Crippen molar-refractivity contribution in [2.24, 2.45) is 5.92 Å². The molecular formula is C52H42N2. The van der Waals surface area contributed by atoms with E-state index >= 15 is 0 Å². The summed E-state index contributed by atoms with van der Waals surface area (Å²) in [6.45, 7) is 7.19. The van der Waals surface area contributed by atoms with Crippen molar-refractivity contribution in [2.45, 2.75) is 32.6 Å². The standard InChI is InChI=1S/C52H42N2/c1-34-29-45(51-42-22-10-12-23-46(42)52(2,3)47(51)30-34)43-32-37(25-27-48(43)53-39-18-8-5-9-19-39)38-26-28-50-44(33-38)41-21-11-13-24-49(41)54(50)40-20-14-17-36(31-40)35-15-6-4-7-16-35/h4-29,31-34,53H,30H2,1-3H3. The molecule has 1 atom stereocenters. The lowest BCUT2D eigenvalue weighted by Gasteiger charge is -2.30. The van der Waals surface area contributed by atoms with E-state index in [0.29, 0.717) is 5.92 Å². The van der Waals surface area contributed by atoms with Crippen molar-refractivity contribution < 1.29 is 0 Å². The number of aromatic nitrogens is 1. The van der Waals surface area contributed by atoms with Crippen LogP contribution in [0.2, 0.25) is 0 Å². The summed E-state index contributed by atoms with van der Waals surface area (Å²) in [5, 5.41) is 6.32. The van der Waals surface area contributed by atoms with Crippen molar-refractivity contribution >= 4 is 44.3 Å². The summed E-state index contributed by atoms with van der Waals surface area (Å²) in [5.41, 5.74) is 19.0. The summed E-state index contributed by atoms with van der Waals surface area (Å²) in [7, 11) is 0. The minimum atomic E-state index is -0.00973. The molecule has 2 aliphatic carbocycles. The van der Waals surface area contributed by atoms with Crippen LogP contribution in [0.25, 0.3) is 60.9 Å². The van der Waals surface area contributed by atoms with Gasteiger partial charge in [-0.1, -0.05) is 148 Å². The Bertz CT molecular complexity index is 2800. The number of benzene rings is 7. The van der Waals surface area contributed by atoms with Crippen LogP contribution in [0.5, 0.6) is 0 Å². The van der Waals surface area contributed by atoms with E-state index in [1.807, 2.05) is 0 Å². The maximum Gasteiger partial charge on any atom is 0.0541 e. The predicted molar refractivity (Wildman–Crippen MR) is 230 cm³/mol.